The summed E-state index contributed by atoms with van der Waals surface area (Å²) >= 11 is 5.89. The van der Waals surface area contributed by atoms with Crippen molar-refractivity contribution in [2.24, 2.45) is 4.99 Å². The van der Waals surface area contributed by atoms with E-state index >= 15 is 0 Å². The quantitative estimate of drug-likeness (QED) is 0.519. The molecule has 0 radical (unpaired) electrons. The molecule has 3 N–H and O–H groups in total. The fraction of sp³-hybridized carbons (Fsp3) is 0.333. The van der Waals surface area contributed by atoms with Crippen molar-refractivity contribution >= 4 is 23.5 Å². The topological polar surface area (TPSA) is 73.7 Å². The molecule has 2 aromatic rings. The third-order valence-corrected chi connectivity index (χ3v) is 5.04. The van der Waals surface area contributed by atoms with Crippen molar-refractivity contribution in [3.63, 3.8) is 0 Å². The molecule has 29 heavy (non-hydrogen) atoms. The van der Waals surface area contributed by atoms with Crippen LogP contribution in [-0.4, -0.2) is 29.1 Å². The summed E-state index contributed by atoms with van der Waals surface area (Å²) in [5.74, 6) is -2.46. The Hall–Kier alpha value is -2.51. The second-order valence-corrected chi connectivity index (χ2v) is 7.46. The molecule has 0 heterocycles. The van der Waals surface area contributed by atoms with Crippen LogP contribution in [0.5, 0.6) is 0 Å². The lowest BCUT2D eigenvalue weighted by Crippen LogP contribution is -2.47. The highest BCUT2D eigenvalue weighted by Gasteiger charge is 2.21. The van der Waals surface area contributed by atoms with Crippen LogP contribution < -0.4 is 10.6 Å². The number of nitrogens with zero attached hydrogens (tertiary/aromatic N) is 1. The average molecular weight is 422 g/mol. The Bertz CT molecular complexity index is 882. The number of aliphatic imine (C=N–C) groups is 1. The third-order valence-electron chi connectivity index (χ3n) is 4.78. The summed E-state index contributed by atoms with van der Waals surface area (Å²) < 4.78 is 26.6. The fourth-order valence-electron chi connectivity index (χ4n) is 3.11. The summed E-state index contributed by atoms with van der Waals surface area (Å²) in [6.45, 7) is 0.299. The highest BCUT2D eigenvalue weighted by atomic mass is 35.5. The van der Waals surface area contributed by atoms with Crippen LogP contribution in [0.1, 0.15) is 41.6 Å². The van der Waals surface area contributed by atoms with E-state index in [-0.39, 0.29) is 23.7 Å². The molecule has 0 spiro atoms. The average Bonchev–Trinajstić information content (AvgIpc) is 2.71. The van der Waals surface area contributed by atoms with Gasteiger partial charge in [0.1, 0.15) is 0 Å². The van der Waals surface area contributed by atoms with Gasteiger partial charge < -0.3 is 10.4 Å². The largest absolute Gasteiger partial charge is 0.393 e. The van der Waals surface area contributed by atoms with Gasteiger partial charge in [-0.2, -0.15) is 0 Å². The molecule has 0 aromatic heterocycles. The number of aliphatic hydroxyl groups excluding tert-OH is 1. The highest BCUT2D eigenvalue weighted by Crippen LogP contribution is 2.18. The number of rotatable bonds is 4. The van der Waals surface area contributed by atoms with Gasteiger partial charge in [-0.3, -0.25) is 10.1 Å². The number of carbonyl (C=O) groups is 1. The van der Waals surface area contributed by atoms with Gasteiger partial charge in [-0.25, -0.2) is 13.8 Å². The zero-order chi connectivity index (χ0) is 20.8. The summed E-state index contributed by atoms with van der Waals surface area (Å²) in [6, 6.07) is 10.2. The number of aliphatic hydroxyl groups is 1. The molecule has 1 amide bonds. The lowest BCUT2D eigenvalue weighted by Gasteiger charge is -2.27. The van der Waals surface area contributed by atoms with E-state index < -0.39 is 17.5 Å². The Kier molecular flexibility index (Phi) is 7.17. The Balaban J connectivity index is 1.73. The summed E-state index contributed by atoms with van der Waals surface area (Å²) in [5.41, 5.74) is 0.888. The van der Waals surface area contributed by atoms with E-state index in [0.717, 1.165) is 30.5 Å². The molecule has 2 aromatic carbocycles. The van der Waals surface area contributed by atoms with Crippen LogP contribution in [0.3, 0.4) is 0 Å². The summed E-state index contributed by atoms with van der Waals surface area (Å²) in [5, 5.41) is 16.1. The Morgan fingerprint density at radius 2 is 1.76 bits per heavy atom. The van der Waals surface area contributed by atoms with Gasteiger partial charge in [0.05, 0.1) is 12.6 Å². The van der Waals surface area contributed by atoms with E-state index in [1.807, 2.05) is 12.1 Å². The van der Waals surface area contributed by atoms with Crippen molar-refractivity contribution in [3.8, 4) is 0 Å². The molecule has 8 heteroatoms. The third kappa shape index (κ3) is 6.24. The van der Waals surface area contributed by atoms with Gasteiger partial charge in [-0.05, 0) is 61.6 Å². The van der Waals surface area contributed by atoms with Gasteiger partial charge in [-0.15, -0.1) is 0 Å². The van der Waals surface area contributed by atoms with Gasteiger partial charge in [0.25, 0.3) is 5.91 Å². The minimum Gasteiger partial charge on any atom is -0.393 e. The van der Waals surface area contributed by atoms with E-state index in [2.05, 4.69) is 15.6 Å². The number of hydrogen-bond acceptors (Lipinski definition) is 3. The number of nitrogens with one attached hydrogen (secondary N) is 2. The molecular formula is C21H22ClF2N3O2. The maximum absolute atomic E-state index is 13.5. The maximum Gasteiger partial charge on any atom is 0.258 e. The minimum atomic E-state index is -1.09. The first-order valence-corrected chi connectivity index (χ1v) is 9.78. The number of guanidine groups is 1. The molecule has 0 bridgehead atoms. The van der Waals surface area contributed by atoms with Crippen molar-refractivity contribution in [2.75, 3.05) is 0 Å². The lowest BCUT2D eigenvalue weighted by molar-refractivity contribution is 0.0972. The molecule has 1 aliphatic carbocycles. The normalized spacial score (nSPS) is 19.7. The molecular weight excluding hydrogens is 400 g/mol. The van der Waals surface area contributed by atoms with Crippen LogP contribution in [-0.2, 0) is 6.54 Å². The van der Waals surface area contributed by atoms with Gasteiger partial charge in [0.15, 0.2) is 17.6 Å². The highest BCUT2D eigenvalue weighted by molar-refractivity contribution is 6.30. The molecule has 154 valence electrons. The van der Waals surface area contributed by atoms with Crippen LogP contribution >= 0.6 is 11.6 Å². The Morgan fingerprint density at radius 1 is 1.07 bits per heavy atom. The smallest absolute Gasteiger partial charge is 0.258 e. The van der Waals surface area contributed by atoms with Crippen LogP contribution in [0.4, 0.5) is 8.78 Å². The fourth-order valence-corrected chi connectivity index (χ4v) is 3.24. The molecule has 1 aliphatic rings. The Labute approximate surface area is 172 Å². The van der Waals surface area contributed by atoms with Gasteiger partial charge in [-0.1, -0.05) is 23.7 Å². The number of halogens is 3. The van der Waals surface area contributed by atoms with Gasteiger partial charge in [0, 0.05) is 16.6 Å². The van der Waals surface area contributed by atoms with Crippen LogP contribution in [0, 0.1) is 11.6 Å². The monoisotopic (exact) mass is 421 g/mol. The van der Waals surface area contributed by atoms with Crippen molar-refractivity contribution in [1.82, 2.24) is 10.6 Å². The lowest BCUT2D eigenvalue weighted by atomic mass is 9.93. The molecule has 0 atom stereocenters. The van der Waals surface area contributed by atoms with Crippen molar-refractivity contribution in [3.05, 3.63) is 70.2 Å². The predicted molar refractivity (Wildman–Crippen MR) is 108 cm³/mol. The SMILES string of the molecule is O=C(NC(=NCc1ccc(Cl)cc1)NC1CCC(O)CC1)c1ccc(F)c(F)c1. The molecule has 1 saturated carbocycles. The summed E-state index contributed by atoms with van der Waals surface area (Å²) in [7, 11) is 0. The standard InChI is InChI=1S/C21H22ClF2N3O2/c22-15-4-1-13(2-5-15)12-25-21(26-16-6-8-17(28)9-7-16)27-20(29)14-3-10-18(23)19(24)11-14/h1-5,10-11,16-17,28H,6-9,12H2,(H2,25,26,27,29). The molecule has 0 unspecified atom stereocenters. The van der Waals surface area contributed by atoms with Crippen molar-refractivity contribution < 1.29 is 18.7 Å². The maximum atomic E-state index is 13.5. The van der Waals surface area contributed by atoms with E-state index in [4.69, 9.17) is 11.6 Å². The second kappa shape index (κ2) is 9.80. The van der Waals surface area contributed by atoms with Gasteiger partial charge >= 0.3 is 0 Å². The number of amides is 1. The molecule has 1 fully saturated rings. The summed E-state index contributed by atoms with van der Waals surface area (Å²) in [6.07, 6.45) is 2.50. The number of hydrogen-bond donors (Lipinski definition) is 3. The number of benzene rings is 2. The first kappa shape index (κ1) is 21.2. The molecule has 5 nitrogen and oxygen atoms in total. The van der Waals surface area contributed by atoms with E-state index in [1.54, 1.807) is 12.1 Å². The molecule has 0 saturated heterocycles. The van der Waals surface area contributed by atoms with Gasteiger partial charge in [0.2, 0.25) is 0 Å². The zero-order valence-electron chi connectivity index (χ0n) is 15.7. The summed E-state index contributed by atoms with van der Waals surface area (Å²) in [4.78, 5) is 16.9. The van der Waals surface area contributed by atoms with E-state index in [0.29, 0.717) is 24.4 Å². The van der Waals surface area contributed by atoms with Crippen LogP contribution in [0.2, 0.25) is 5.02 Å². The Morgan fingerprint density at radius 3 is 2.41 bits per heavy atom. The van der Waals surface area contributed by atoms with Crippen molar-refractivity contribution in [1.29, 1.82) is 0 Å². The first-order chi connectivity index (χ1) is 13.9. The van der Waals surface area contributed by atoms with Crippen LogP contribution in [0.15, 0.2) is 47.5 Å². The van der Waals surface area contributed by atoms with E-state index in [9.17, 15) is 18.7 Å². The number of carbonyl (C=O) groups excluding carboxylic acids is 1. The van der Waals surface area contributed by atoms with E-state index in [1.165, 1.54) is 6.07 Å². The predicted octanol–water partition coefficient (Wildman–Crippen LogP) is 3.80. The molecule has 0 aliphatic heterocycles. The van der Waals surface area contributed by atoms with Crippen molar-refractivity contribution in [2.45, 2.75) is 44.4 Å². The molecule has 3 rings (SSSR count). The van der Waals surface area contributed by atoms with Crippen LogP contribution in [0.25, 0.3) is 0 Å². The minimum absolute atomic E-state index is 0.0102. The first-order valence-electron chi connectivity index (χ1n) is 9.40. The second-order valence-electron chi connectivity index (χ2n) is 7.02. The zero-order valence-corrected chi connectivity index (χ0v) is 16.4.